The molecular weight excluding hydrogens is 460 g/mol. The van der Waals surface area contributed by atoms with Gasteiger partial charge in [0.05, 0.1) is 16.9 Å². The molecule has 2 aromatic carbocycles. The molecule has 0 aromatic heterocycles. The van der Waals surface area contributed by atoms with Crippen LogP contribution in [0.3, 0.4) is 0 Å². The number of esters is 1. The van der Waals surface area contributed by atoms with Crippen LogP contribution in [-0.4, -0.2) is 67.6 Å². The molecule has 0 spiro atoms. The molecule has 0 aliphatic rings. The maximum Gasteiger partial charge on any atom is 0.324 e. The Bertz CT molecular complexity index is 1110. The van der Waals surface area contributed by atoms with Crippen LogP contribution in [0.5, 0.6) is 11.5 Å². The van der Waals surface area contributed by atoms with E-state index in [1.807, 2.05) is 0 Å². The minimum atomic E-state index is -3.92. The summed E-state index contributed by atoms with van der Waals surface area (Å²) in [6.45, 7) is 1.25. The van der Waals surface area contributed by atoms with Crippen molar-refractivity contribution >= 4 is 26.0 Å². The number of benzene rings is 2. The molecule has 1 atom stereocenters. The van der Waals surface area contributed by atoms with Crippen LogP contribution in [0, 0.1) is 0 Å². The Labute approximate surface area is 188 Å². The Hall–Kier alpha value is -2.67. The molecule has 10 nitrogen and oxygen atoms in total. The molecule has 0 fully saturated rings. The molecule has 0 bridgehead atoms. The summed E-state index contributed by atoms with van der Waals surface area (Å²) in [7, 11) is -3.11. The lowest BCUT2D eigenvalue weighted by molar-refractivity contribution is -0.145. The first-order valence-electron chi connectivity index (χ1n) is 9.46. The lowest BCUT2D eigenvalue weighted by Crippen LogP contribution is -2.39. The summed E-state index contributed by atoms with van der Waals surface area (Å²) in [5.41, 5.74) is 0. The average Bonchev–Trinajstić information content (AvgIpc) is 2.76. The molecule has 1 N–H and O–H groups in total. The number of rotatable bonds is 11. The Balaban J connectivity index is 1.82. The van der Waals surface area contributed by atoms with Crippen LogP contribution in [0.1, 0.15) is 6.92 Å². The van der Waals surface area contributed by atoms with Gasteiger partial charge in [-0.25, -0.2) is 21.1 Å². The van der Waals surface area contributed by atoms with Crippen LogP contribution in [0.15, 0.2) is 58.3 Å². The van der Waals surface area contributed by atoms with Crippen LogP contribution >= 0.6 is 0 Å². The maximum atomic E-state index is 12.4. The molecule has 0 heterocycles. The first-order valence-corrected chi connectivity index (χ1v) is 12.4. The van der Waals surface area contributed by atoms with Crippen molar-refractivity contribution in [2.45, 2.75) is 22.8 Å². The van der Waals surface area contributed by atoms with Crippen molar-refractivity contribution in [1.82, 2.24) is 9.03 Å². The zero-order valence-corrected chi connectivity index (χ0v) is 19.8. The third-order valence-corrected chi connectivity index (χ3v) is 7.64. The highest BCUT2D eigenvalue weighted by molar-refractivity contribution is 7.89. The summed E-state index contributed by atoms with van der Waals surface area (Å²) in [5, 5.41) is 0. The number of ether oxygens (including phenoxy) is 3. The summed E-state index contributed by atoms with van der Waals surface area (Å²) in [6.07, 6.45) is 0. The van der Waals surface area contributed by atoms with Gasteiger partial charge in [0, 0.05) is 14.1 Å². The van der Waals surface area contributed by atoms with Crippen LogP contribution in [0.2, 0.25) is 0 Å². The number of methoxy groups -OCH3 is 1. The smallest absolute Gasteiger partial charge is 0.324 e. The SMILES string of the molecule is COc1ccc(S(=O)(=O)N[C@@H](C)C(=O)OCCOc2ccc(S(=O)(=O)N(C)C)cc2)cc1. The van der Waals surface area contributed by atoms with Gasteiger partial charge in [-0.2, -0.15) is 4.72 Å². The first-order chi connectivity index (χ1) is 15.0. The quantitative estimate of drug-likeness (QED) is 0.371. The molecule has 0 unspecified atom stereocenters. The summed E-state index contributed by atoms with van der Waals surface area (Å²) >= 11 is 0. The van der Waals surface area contributed by atoms with Gasteiger partial charge in [-0.1, -0.05) is 0 Å². The number of carbonyl (C=O) groups excluding carboxylic acids is 1. The molecule has 0 aliphatic heterocycles. The third kappa shape index (κ3) is 6.66. The molecule has 2 aromatic rings. The van der Waals surface area contributed by atoms with Gasteiger partial charge >= 0.3 is 5.97 Å². The van der Waals surface area contributed by atoms with Crippen LogP contribution in [0.4, 0.5) is 0 Å². The number of hydrogen-bond donors (Lipinski definition) is 1. The van der Waals surface area contributed by atoms with Crippen molar-refractivity contribution in [2.24, 2.45) is 0 Å². The third-order valence-electron chi connectivity index (χ3n) is 4.25. The number of nitrogens with zero attached hydrogens (tertiary/aromatic N) is 1. The van der Waals surface area contributed by atoms with E-state index >= 15 is 0 Å². The molecule has 0 radical (unpaired) electrons. The molecule has 12 heteroatoms. The van der Waals surface area contributed by atoms with E-state index in [9.17, 15) is 21.6 Å². The van der Waals surface area contributed by atoms with Gasteiger partial charge in [0.15, 0.2) is 0 Å². The highest BCUT2D eigenvalue weighted by Gasteiger charge is 2.23. The second-order valence-corrected chi connectivity index (χ2v) is 10.7. The van der Waals surface area contributed by atoms with E-state index in [0.29, 0.717) is 11.5 Å². The summed E-state index contributed by atoms with van der Waals surface area (Å²) < 4.78 is 67.6. The number of carbonyl (C=O) groups is 1. The van der Waals surface area contributed by atoms with E-state index in [1.165, 1.54) is 76.7 Å². The van der Waals surface area contributed by atoms with Crippen molar-refractivity contribution in [3.8, 4) is 11.5 Å². The Morgan fingerprint density at radius 1 is 0.906 bits per heavy atom. The topological polar surface area (TPSA) is 128 Å². The Morgan fingerprint density at radius 3 is 1.97 bits per heavy atom. The van der Waals surface area contributed by atoms with E-state index in [0.717, 1.165) is 4.31 Å². The molecule has 32 heavy (non-hydrogen) atoms. The lowest BCUT2D eigenvalue weighted by Gasteiger charge is -2.14. The second kappa shape index (κ2) is 10.8. The van der Waals surface area contributed by atoms with Crippen molar-refractivity contribution in [3.05, 3.63) is 48.5 Å². The minimum Gasteiger partial charge on any atom is -0.497 e. The molecular formula is C20H26N2O8S2. The first kappa shape index (κ1) is 25.6. The predicted molar refractivity (Wildman–Crippen MR) is 117 cm³/mol. The van der Waals surface area contributed by atoms with E-state index < -0.39 is 32.1 Å². The maximum absolute atomic E-state index is 12.4. The molecule has 176 valence electrons. The van der Waals surface area contributed by atoms with Crippen LogP contribution in [0.25, 0.3) is 0 Å². The summed E-state index contributed by atoms with van der Waals surface area (Å²) in [5.74, 6) is 0.135. The molecule has 0 saturated heterocycles. The van der Waals surface area contributed by atoms with Crippen molar-refractivity contribution in [3.63, 3.8) is 0 Å². The predicted octanol–water partition coefficient (Wildman–Crippen LogP) is 1.23. The van der Waals surface area contributed by atoms with Gasteiger partial charge in [-0.3, -0.25) is 4.79 Å². The Morgan fingerprint density at radius 2 is 1.44 bits per heavy atom. The highest BCUT2D eigenvalue weighted by Crippen LogP contribution is 2.18. The standard InChI is InChI=1S/C20H26N2O8S2/c1-15(21-31(24,25)18-9-5-16(28-4)6-10-18)20(23)30-14-13-29-17-7-11-19(12-8-17)32(26,27)22(2)3/h5-12,15,21H,13-14H2,1-4H3/t15-/m0/s1. The minimum absolute atomic E-state index is 0.00344. The van der Waals surface area contributed by atoms with E-state index in [4.69, 9.17) is 14.2 Å². The summed E-state index contributed by atoms with van der Waals surface area (Å²) in [6, 6.07) is 10.4. The van der Waals surface area contributed by atoms with Crippen molar-refractivity contribution in [2.75, 3.05) is 34.4 Å². The van der Waals surface area contributed by atoms with E-state index in [-0.39, 0.29) is 23.0 Å². The monoisotopic (exact) mass is 486 g/mol. The number of hydrogen-bond acceptors (Lipinski definition) is 8. The van der Waals surface area contributed by atoms with Gasteiger partial charge in [-0.05, 0) is 55.5 Å². The van der Waals surface area contributed by atoms with Gasteiger partial charge in [0.2, 0.25) is 20.0 Å². The molecule has 2 rings (SSSR count). The zero-order valence-electron chi connectivity index (χ0n) is 18.1. The average molecular weight is 487 g/mol. The van der Waals surface area contributed by atoms with E-state index in [1.54, 1.807) is 0 Å². The molecule has 0 aliphatic carbocycles. The van der Waals surface area contributed by atoms with Crippen LogP contribution < -0.4 is 14.2 Å². The zero-order chi connectivity index (χ0) is 23.9. The molecule has 0 amide bonds. The van der Waals surface area contributed by atoms with Gasteiger partial charge in [0.1, 0.15) is 30.8 Å². The normalized spacial score (nSPS) is 12.9. The van der Waals surface area contributed by atoms with E-state index in [2.05, 4.69) is 4.72 Å². The van der Waals surface area contributed by atoms with Gasteiger partial charge in [0.25, 0.3) is 0 Å². The number of sulfonamides is 2. The van der Waals surface area contributed by atoms with Gasteiger partial charge < -0.3 is 14.2 Å². The van der Waals surface area contributed by atoms with Crippen molar-refractivity contribution in [1.29, 1.82) is 0 Å². The lowest BCUT2D eigenvalue weighted by atomic mass is 10.3. The van der Waals surface area contributed by atoms with Gasteiger partial charge in [-0.15, -0.1) is 0 Å². The fourth-order valence-electron chi connectivity index (χ4n) is 2.45. The largest absolute Gasteiger partial charge is 0.497 e. The highest BCUT2D eigenvalue weighted by atomic mass is 32.2. The van der Waals surface area contributed by atoms with Crippen molar-refractivity contribution < 1.29 is 35.8 Å². The van der Waals surface area contributed by atoms with Crippen LogP contribution in [-0.2, 0) is 29.6 Å². The summed E-state index contributed by atoms with van der Waals surface area (Å²) in [4.78, 5) is 12.2. The Kier molecular flexibility index (Phi) is 8.61. The fourth-order valence-corrected chi connectivity index (χ4v) is 4.54. The second-order valence-electron chi connectivity index (χ2n) is 6.79. The fraction of sp³-hybridized carbons (Fsp3) is 0.350. The molecule has 0 saturated carbocycles. The number of nitrogens with one attached hydrogen (secondary N) is 1.